The van der Waals surface area contributed by atoms with Crippen LogP contribution in [0.3, 0.4) is 0 Å². The molecule has 1 aromatic carbocycles. The van der Waals surface area contributed by atoms with Crippen molar-refractivity contribution in [3.05, 3.63) is 35.6 Å². The monoisotopic (exact) mass is 307 g/mol. The van der Waals surface area contributed by atoms with E-state index in [4.69, 9.17) is 5.73 Å². The van der Waals surface area contributed by atoms with E-state index in [1.54, 1.807) is 23.9 Å². The van der Waals surface area contributed by atoms with E-state index in [-0.39, 0.29) is 17.1 Å². The van der Waals surface area contributed by atoms with Gasteiger partial charge in [-0.05, 0) is 47.4 Å². The van der Waals surface area contributed by atoms with E-state index < -0.39 is 0 Å². The van der Waals surface area contributed by atoms with Crippen molar-refractivity contribution < 1.29 is 4.39 Å². The smallest absolute Gasteiger partial charge is 0.210 e. The summed E-state index contributed by atoms with van der Waals surface area (Å²) >= 11 is 1.56. The molecule has 0 saturated heterocycles. The predicted molar refractivity (Wildman–Crippen MR) is 79.4 cm³/mol. The quantitative estimate of drug-likeness (QED) is 0.831. The first kappa shape index (κ1) is 14.5. The van der Waals surface area contributed by atoms with Crippen LogP contribution in [0.15, 0.2) is 29.4 Å². The van der Waals surface area contributed by atoms with Gasteiger partial charge in [-0.1, -0.05) is 30.8 Å². The topological polar surface area (TPSA) is 69.6 Å². The van der Waals surface area contributed by atoms with Gasteiger partial charge >= 0.3 is 0 Å². The first-order valence-corrected chi connectivity index (χ1v) is 8.02. The lowest BCUT2D eigenvalue weighted by Gasteiger charge is -2.22. The van der Waals surface area contributed by atoms with Gasteiger partial charge in [0.05, 0.1) is 11.3 Å². The molecule has 2 unspecified atom stereocenters. The molecule has 112 valence electrons. The minimum absolute atomic E-state index is 0.0131. The molecule has 7 heteroatoms. The summed E-state index contributed by atoms with van der Waals surface area (Å²) in [6.07, 6.45) is 3.08. The van der Waals surface area contributed by atoms with Crippen molar-refractivity contribution in [3.63, 3.8) is 0 Å². The van der Waals surface area contributed by atoms with E-state index in [0.29, 0.717) is 6.04 Å². The van der Waals surface area contributed by atoms with Crippen molar-refractivity contribution >= 4 is 11.8 Å². The van der Waals surface area contributed by atoms with E-state index in [9.17, 15) is 4.39 Å². The second-order valence-corrected chi connectivity index (χ2v) is 6.41. The maximum atomic E-state index is 13.1. The third-order valence-electron chi connectivity index (χ3n) is 3.65. The SMILES string of the molecule is CCC(N)C(Sc1nnnn1C1CC1)c1ccc(F)cc1. The Morgan fingerprint density at radius 2 is 2.10 bits per heavy atom. The van der Waals surface area contributed by atoms with E-state index in [1.165, 1.54) is 12.1 Å². The summed E-state index contributed by atoms with van der Waals surface area (Å²) < 4.78 is 15.0. The number of aromatic nitrogens is 4. The molecule has 0 spiro atoms. The molecule has 0 bridgehead atoms. The average molecular weight is 307 g/mol. The van der Waals surface area contributed by atoms with E-state index >= 15 is 0 Å². The Balaban J connectivity index is 1.85. The number of nitrogens with two attached hydrogens (primary N) is 1. The molecule has 2 aromatic rings. The minimum Gasteiger partial charge on any atom is -0.326 e. The molecule has 1 aliphatic carbocycles. The molecule has 0 radical (unpaired) electrons. The van der Waals surface area contributed by atoms with E-state index in [2.05, 4.69) is 15.5 Å². The molecule has 1 fully saturated rings. The molecule has 1 saturated carbocycles. The van der Waals surface area contributed by atoms with Crippen LogP contribution < -0.4 is 5.73 Å². The maximum absolute atomic E-state index is 13.1. The molecular formula is C14H18FN5S. The number of hydrogen-bond donors (Lipinski definition) is 1. The lowest BCUT2D eigenvalue weighted by molar-refractivity contribution is 0.561. The van der Waals surface area contributed by atoms with Crippen molar-refractivity contribution in [2.24, 2.45) is 5.73 Å². The summed E-state index contributed by atoms with van der Waals surface area (Å²) in [5, 5.41) is 12.7. The Kier molecular flexibility index (Phi) is 4.21. The Bertz CT molecular complexity index is 596. The molecule has 1 aromatic heterocycles. The van der Waals surface area contributed by atoms with Gasteiger partial charge in [-0.25, -0.2) is 9.07 Å². The standard InChI is InChI=1S/C14H18FN5S/c1-2-12(16)13(9-3-5-10(15)6-4-9)21-14-17-18-19-20(14)11-7-8-11/h3-6,11-13H,2,7-8,16H2,1H3. The largest absolute Gasteiger partial charge is 0.326 e. The van der Waals surface area contributed by atoms with Crippen LogP contribution in [0.2, 0.25) is 0 Å². The highest BCUT2D eigenvalue weighted by molar-refractivity contribution is 7.99. The zero-order valence-electron chi connectivity index (χ0n) is 11.8. The fourth-order valence-corrected chi connectivity index (χ4v) is 3.46. The highest BCUT2D eigenvalue weighted by Gasteiger charge is 2.30. The Morgan fingerprint density at radius 3 is 2.71 bits per heavy atom. The predicted octanol–water partition coefficient (Wildman–Crippen LogP) is 2.72. The summed E-state index contributed by atoms with van der Waals surface area (Å²) in [6.45, 7) is 2.05. The summed E-state index contributed by atoms with van der Waals surface area (Å²) in [5.74, 6) is -0.240. The van der Waals surface area contributed by atoms with E-state index in [1.807, 2.05) is 11.6 Å². The lowest BCUT2D eigenvalue weighted by atomic mass is 10.0. The van der Waals surface area contributed by atoms with Crippen LogP contribution in [0.1, 0.15) is 43.0 Å². The zero-order valence-corrected chi connectivity index (χ0v) is 12.6. The number of rotatable bonds is 6. The second-order valence-electron chi connectivity index (χ2n) is 5.30. The van der Waals surface area contributed by atoms with Crippen molar-refractivity contribution in [1.29, 1.82) is 0 Å². The van der Waals surface area contributed by atoms with Gasteiger partial charge in [0.15, 0.2) is 0 Å². The summed E-state index contributed by atoms with van der Waals surface area (Å²) in [6, 6.07) is 6.89. The highest BCUT2D eigenvalue weighted by atomic mass is 32.2. The molecular weight excluding hydrogens is 289 g/mol. The minimum atomic E-state index is -0.240. The zero-order chi connectivity index (χ0) is 14.8. The van der Waals surface area contributed by atoms with Crippen molar-refractivity contribution in [2.45, 2.75) is 48.7 Å². The number of benzene rings is 1. The average Bonchev–Trinajstić information content (AvgIpc) is 3.24. The molecule has 1 heterocycles. The lowest BCUT2D eigenvalue weighted by Crippen LogP contribution is -2.26. The van der Waals surface area contributed by atoms with Crippen molar-refractivity contribution in [2.75, 3.05) is 0 Å². The molecule has 0 amide bonds. The third-order valence-corrected chi connectivity index (χ3v) is 5.00. The van der Waals surface area contributed by atoms with Gasteiger partial charge in [0.1, 0.15) is 5.82 Å². The molecule has 21 heavy (non-hydrogen) atoms. The van der Waals surface area contributed by atoms with Crippen LogP contribution in [0.5, 0.6) is 0 Å². The van der Waals surface area contributed by atoms with Crippen LogP contribution in [0, 0.1) is 5.82 Å². The maximum Gasteiger partial charge on any atom is 0.210 e. The van der Waals surface area contributed by atoms with Crippen LogP contribution in [-0.4, -0.2) is 26.2 Å². The Morgan fingerprint density at radius 1 is 1.38 bits per heavy atom. The number of halogens is 1. The molecule has 2 N–H and O–H groups in total. The molecule has 2 atom stereocenters. The first-order chi connectivity index (χ1) is 10.2. The normalized spacial score (nSPS) is 17.7. The fraction of sp³-hybridized carbons (Fsp3) is 0.500. The molecule has 1 aliphatic rings. The van der Waals surface area contributed by atoms with Gasteiger partial charge in [0, 0.05) is 6.04 Å². The van der Waals surface area contributed by atoms with Gasteiger partial charge in [-0.3, -0.25) is 0 Å². The van der Waals surface area contributed by atoms with Gasteiger partial charge in [0.25, 0.3) is 0 Å². The van der Waals surface area contributed by atoms with Gasteiger partial charge in [0.2, 0.25) is 5.16 Å². The van der Waals surface area contributed by atoms with Crippen LogP contribution in [0.4, 0.5) is 4.39 Å². The first-order valence-electron chi connectivity index (χ1n) is 7.14. The number of nitrogens with zero attached hydrogens (tertiary/aromatic N) is 4. The van der Waals surface area contributed by atoms with Crippen LogP contribution >= 0.6 is 11.8 Å². The highest BCUT2D eigenvalue weighted by Crippen LogP contribution is 2.41. The van der Waals surface area contributed by atoms with E-state index in [0.717, 1.165) is 30.0 Å². The summed E-state index contributed by atoms with van der Waals surface area (Å²) in [5.41, 5.74) is 7.25. The van der Waals surface area contributed by atoms with Gasteiger partial charge < -0.3 is 5.73 Å². The number of thioether (sulfide) groups is 1. The van der Waals surface area contributed by atoms with Crippen molar-refractivity contribution in [1.82, 2.24) is 20.2 Å². The molecule has 3 rings (SSSR count). The van der Waals surface area contributed by atoms with Crippen LogP contribution in [-0.2, 0) is 0 Å². The van der Waals surface area contributed by atoms with Gasteiger partial charge in [-0.2, -0.15) is 0 Å². The number of hydrogen-bond acceptors (Lipinski definition) is 5. The second kappa shape index (κ2) is 6.11. The Hall–Kier alpha value is -1.47. The Labute approximate surface area is 127 Å². The summed E-state index contributed by atoms with van der Waals surface area (Å²) in [7, 11) is 0. The fourth-order valence-electron chi connectivity index (χ4n) is 2.19. The number of tetrazole rings is 1. The van der Waals surface area contributed by atoms with Crippen molar-refractivity contribution in [3.8, 4) is 0 Å². The van der Waals surface area contributed by atoms with Gasteiger partial charge in [-0.15, -0.1) is 5.10 Å². The summed E-state index contributed by atoms with van der Waals surface area (Å²) in [4.78, 5) is 0. The third kappa shape index (κ3) is 3.24. The molecule has 5 nitrogen and oxygen atoms in total. The van der Waals surface area contributed by atoms with Crippen LogP contribution in [0.25, 0.3) is 0 Å². The molecule has 0 aliphatic heterocycles.